The highest BCUT2D eigenvalue weighted by atomic mass is 31.2. The summed E-state index contributed by atoms with van der Waals surface area (Å²) in [4.78, 5) is 49.1. The van der Waals surface area contributed by atoms with Crippen LogP contribution in [0.1, 0.15) is 51.1 Å². The highest BCUT2D eigenvalue weighted by molar-refractivity contribution is 7.46. The van der Waals surface area contributed by atoms with E-state index in [9.17, 15) is 37.1 Å². The third kappa shape index (κ3) is 9.09. The van der Waals surface area contributed by atoms with Crippen molar-refractivity contribution in [3.63, 3.8) is 0 Å². The number of halogens is 5. The van der Waals surface area contributed by atoms with Crippen LogP contribution >= 0.6 is 7.82 Å². The lowest BCUT2D eigenvalue weighted by Gasteiger charge is -2.40. The van der Waals surface area contributed by atoms with Crippen molar-refractivity contribution in [1.82, 2.24) is 10.2 Å². The molecule has 0 fully saturated rings. The van der Waals surface area contributed by atoms with Crippen molar-refractivity contribution in [2.45, 2.75) is 44.7 Å². The summed E-state index contributed by atoms with van der Waals surface area (Å²) in [7, 11) is -3.79. The van der Waals surface area contributed by atoms with Gasteiger partial charge in [0, 0.05) is 67.4 Å². The summed E-state index contributed by atoms with van der Waals surface area (Å²) < 4.78 is 97.5. The van der Waals surface area contributed by atoms with E-state index in [1.165, 1.54) is 30.1 Å². The number of phosphoric ester groups is 1. The minimum absolute atomic E-state index is 0.0517. The average Bonchev–Trinajstić information content (AvgIpc) is 3.12. The van der Waals surface area contributed by atoms with Crippen molar-refractivity contribution in [2.24, 2.45) is 0 Å². The Morgan fingerprint density at radius 2 is 1.34 bits per heavy atom. The molecular formula is C40H35F5N3O7P. The molecule has 6 rings (SSSR count). The van der Waals surface area contributed by atoms with Gasteiger partial charge in [-0.2, -0.15) is 0 Å². The van der Waals surface area contributed by atoms with Gasteiger partial charge >= 0.3 is 13.9 Å². The molecule has 0 aliphatic carbocycles. The Balaban J connectivity index is 1.31. The fourth-order valence-electron chi connectivity index (χ4n) is 6.52. The highest BCUT2D eigenvalue weighted by Crippen LogP contribution is 2.45. The van der Waals surface area contributed by atoms with E-state index in [1.807, 2.05) is 0 Å². The Bertz CT molecular complexity index is 2230. The van der Waals surface area contributed by atoms with Crippen LogP contribution in [-0.4, -0.2) is 39.5 Å². The van der Waals surface area contributed by atoms with E-state index in [-0.39, 0.29) is 24.1 Å². The summed E-state index contributed by atoms with van der Waals surface area (Å²) in [6.45, 7) is 0.409. The van der Waals surface area contributed by atoms with Crippen LogP contribution in [0.25, 0.3) is 0 Å². The zero-order chi connectivity index (χ0) is 40.4. The predicted molar refractivity (Wildman–Crippen MR) is 195 cm³/mol. The van der Waals surface area contributed by atoms with Crippen LogP contribution in [0.15, 0.2) is 103 Å². The van der Waals surface area contributed by atoms with Crippen LogP contribution in [0.5, 0.6) is 5.75 Å². The van der Waals surface area contributed by atoms with Crippen molar-refractivity contribution in [2.75, 3.05) is 11.9 Å². The van der Waals surface area contributed by atoms with E-state index in [4.69, 9.17) is 9.26 Å². The summed E-state index contributed by atoms with van der Waals surface area (Å²) in [6.07, 6.45) is -0.488. The number of anilines is 1. The SMILES string of the molecule is C[C@H]1c2ccc(C(=O)NCc3c(F)cc(F)cc3F)cc2N(Cc2c(F)cc(OC(Cc3ccccc3)(Cc3ccccc3)OP(=O)(O)O)cc2F)C(=O)N1C. The molecular weight excluding hydrogens is 760 g/mol. The zero-order valence-electron chi connectivity index (χ0n) is 29.9. The largest absolute Gasteiger partial charge is 0.472 e. The van der Waals surface area contributed by atoms with Crippen LogP contribution in [-0.2, 0) is 35.0 Å². The molecule has 5 aromatic carbocycles. The first-order valence-electron chi connectivity index (χ1n) is 17.1. The monoisotopic (exact) mass is 795 g/mol. The van der Waals surface area contributed by atoms with Gasteiger partial charge in [0.1, 0.15) is 34.8 Å². The maximum Gasteiger partial charge on any atom is 0.472 e. The molecule has 56 heavy (non-hydrogen) atoms. The lowest BCUT2D eigenvalue weighted by molar-refractivity contribution is -0.125. The van der Waals surface area contributed by atoms with Crippen LogP contribution in [0.4, 0.5) is 32.4 Å². The standard InChI is InChI=1S/C40H35F5N3O7P/c1-24-30-14-13-27(38(49)46-22-31-33(42)16-28(41)17-34(31)43)15-37(30)48(39(50)47(24)2)23-32-35(44)18-29(19-36(32)45)54-40(55-56(51,52)53,20-25-9-5-3-6-10-25)21-26-11-7-4-8-12-26/h3-19,24H,20-23H2,1-2H3,(H,46,49)(H2,51,52,53)/t24-/m0/s1. The molecule has 1 atom stereocenters. The summed E-state index contributed by atoms with van der Waals surface area (Å²) in [6, 6.07) is 22.5. The van der Waals surface area contributed by atoms with Gasteiger partial charge in [-0.3, -0.25) is 9.69 Å². The highest BCUT2D eigenvalue weighted by Gasteiger charge is 2.42. The molecule has 0 saturated heterocycles. The maximum absolute atomic E-state index is 16.1. The molecule has 16 heteroatoms. The molecule has 0 bridgehead atoms. The smallest absolute Gasteiger partial charge is 0.461 e. The van der Waals surface area contributed by atoms with Gasteiger partial charge in [0.2, 0.25) is 5.79 Å². The Hall–Kier alpha value is -5.60. The van der Waals surface area contributed by atoms with Crippen molar-refractivity contribution in [3.8, 4) is 5.75 Å². The first-order valence-corrected chi connectivity index (χ1v) is 18.7. The quantitative estimate of drug-likeness (QED) is 0.0624. The number of hydrogen-bond donors (Lipinski definition) is 3. The molecule has 3 amide bonds. The number of hydrogen-bond acceptors (Lipinski definition) is 5. The van der Waals surface area contributed by atoms with E-state index in [0.717, 1.165) is 17.0 Å². The minimum Gasteiger partial charge on any atom is -0.461 e. The van der Waals surface area contributed by atoms with Crippen molar-refractivity contribution >= 4 is 25.4 Å². The molecule has 10 nitrogen and oxygen atoms in total. The van der Waals surface area contributed by atoms with E-state index in [1.54, 1.807) is 67.6 Å². The Labute approximate surface area is 318 Å². The first-order chi connectivity index (χ1) is 26.5. The van der Waals surface area contributed by atoms with Crippen LogP contribution in [0, 0.1) is 29.1 Å². The predicted octanol–water partition coefficient (Wildman–Crippen LogP) is 8.11. The number of ether oxygens (including phenoxy) is 1. The summed E-state index contributed by atoms with van der Waals surface area (Å²) in [5, 5.41) is 2.36. The molecule has 1 aliphatic rings. The van der Waals surface area contributed by atoms with Gasteiger partial charge in [0.15, 0.2) is 0 Å². The summed E-state index contributed by atoms with van der Waals surface area (Å²) >= 11 is 0. The molecule has 0 saturated carbocycles. The van der Waals surface area contributed by atoms with Gasteiger partial charge < -0.3 is 24.7 Å². The van der Waals surface area contributed by atoms with Gasteiger partial charge in [0.05, 0.1) is 18.3 Å². The van der Waals surface area contributed by atoms with Gasteiger partial charge in [0.25, 0.3) is 5.91 Å². The molecule has 292 valence electrons. The van der Waals surface area contributed by atoms with E-state index in [2.05, 4.69) is 5.32 Å². The lowest BCUT2D eigenvalue weighted by Crippen LogP contribution is -2.47. The summed E-state index contributed by atoms with van der Waals surface area (Å²) in [5.74, 6) is -9.29. The Kier molecular flexibility index (Phi) is 11.6. The van der Waals surface area contributed by atoms with Crippen molar-refractivity contribution < 1.29 is 55.2 Å². The number of nitrogens with zero attached hydrogens (tertiary/aromatic N) is 2. The molecule has 5 aromatic rings. The molecule has 0 aromatic heterocycles. The second-order valence-corrected chi connectivity index (χ2v) is 14.4. The lowest BCUT2D eigenvalue weighted by atomic mass is 9.97. The normalized spacial score (nSPS) is 14.4. The number of benzene rings is 5. The number of carbonyl (C=O) groups excluding carboxylic acids is 2. The topological polar surface area (TPSA) is 129 Å². The minimum atomic E-state index is -5.28. The maximum atomic E-state index is 16.1. The molecule has 0 radical (unpaired) electrons. The van der Waals surface area contributed by atoms with Gasteiger partial charge in [-0.05, 0) is 35.7 Å². The first kappa shape index (κ1) is 40.1. The molecule has 0 unspecified atom stereocenters. The number of nitrogens with one attached hydrogen (secondary N) is 1. The Morgan fingerprint density at radius 3 is 1.88 bits per heavy atom. The fourth-order valence-corrected chi connectivity index (χ4v) is 7.11. The number of rotatable bonds is 13. The number of phosphoric acid groups is 1. The van der Waals surface area contributed by atoms with Crippen molar-refractivity contribution in [1.29, 1.82) is 0 Å². The number of urea groups is 1. The van der Waals surface area contributed by atoms with Gasteiger partial charge in [-0.15, -0.1) is 0 Å². The average molecular weight is 796 g/mol. The third-order valence-corrected chi connectivity index (χ3v) is 9.90. The van der Waals surface area contributed by atoms with E-state index in [0.29, 0.717) is 28.8 Å². The Morgan fingerprint density at radius 1 is 0.804 bits per heavy atom. The zero-order valence-corrected chi connectivity index (χ0v) is 30.8. The second kappa shape index (κ2) is 16.2. The van der Waals surface area contributed by atoms with Crippen molar-refractivity contribution in [3.05, 3.63) is 166 Å². The number of fused-ring (bicyclic) bond motifs is 1. The molecule has 1 heterocycles. The van der Waals surface area contributed by atoms with E-state index >= 15 is 8.78 Å². The second-order valence-electron chi connectivity index (χ2n) is 13.2. The van der Waals surface area contributed by atoms with E-state index < -0.39 is 90.6 Å². The summed E-state index contributed by atoms with van der Waals surface area (Å²) in [5.41, 5.74) is 0.519. The fraction of sp³-hybridized carbons (Fsp3) is 0.200. The molecule has 3 N–H and O–H groups in total. The van der Waals surface area contributed by atoms with Gasteiger partial charge in [-0.25, -0.2) is 35.8 Å². The number of carbonyl (C=O) groups is 2. The molecule has 1 aliphatic heterocycles. The van der Waals surface area contributed by atoms with Crippen LogP contribution in [0.2, 0.25) is 0 Å². The third-order valence-electron chi connectivity index (χ3n) is 9.33. The van der Waals surface area contributed by atoms with Gasteiger partial charge in [-0.1, -0.05) is 66.7 Å². The van der Waals surface area contributed by atoms with Crippen LogP contribution in [0.3, 0.4) is 0 Å². The molecule has 0 spiro atoms. The van der Waals surface area contributed by atoms with Crippen LogP contribution < -0.4 is 15.0 Å². The number of amides is 3.